The number of hydrogen-bond acceptors (Lipinski definition) is 1. The number of rotatable bonds is 0. The summed E-state index contributed by atoms with van der Waals surface area (Å²) in [6.07, 6.45) is 7.81. The standard InChI is InChI=1S/C24H26O/c1-23(2,3)19-7-5-16-11-17-8-9-24(14-15-4-6-20(24)10-15)22(25)21(17)13-18(16)12-19/h4-5,7,11-13,20H,6,8-10,14H2,1-3H3. The molecule has 0 heterocycles. The van der Waals surface area contributed by atoms with Gasteiger partial charge in [0.2, 0.25) is 0 Å². The van der Waals surface area contributed by atoms with Gasteiger partial charge in [0, 0.05) is 11.0 Å². The van der Waals surface area contributed by atoms with E-state index in [4.69, 9.17) is 0 Å². The summed E-state index contributed by atoms with van der Waals surface area (Å²) in [4.78, 5) is 13.5. The summed E-state index contributed by atoms with van der Waals surface area (Å²) in [6, 6.07) is 11.2. The molecule has 1 nitrogen and oxygen atoms in total. The van der Waals surface area contributed by atoms with Gasteiger partial charge >= 0.3 is 0 Å². The largest absolute Gasteiger partial charge is 0.294 e. The van der Waals surface area contributed by atoms with Crippen LogP contribution in [0.15, 0.2) is 42.0 Å². The number of allylic oxidation sites excluding steroid dienone is 2. The molecule has 1 saturated carbocycles. The maximum atomic E-state index is 13.5. The molecule has 2 aromatic rings. The minimum absolute atomic E-state index is 0.0770. The van der Waals surface area contributed by atoms with Crippen molar-refractivity contribution in [3.05, 3.63) is 58.7 Å². The topological polar surface area (TPSA) is 17.1 Å². The molecule has 25 heavy (non-hydrogen) atoms. The molecule has 0 aromatic heterocycles. The molecule has 128 valence electrons. The molecule has 0 radical (unpaired) electrons. The van der Waals surface area contributed by atoms with Crippen molar-refractivity contribution in [3.8, 4) is 0 Å². The van der Waals surface area contributed by atoms with Crippen LogP contribution in [-0.2, 0) is 11.8 Å². The van der Waals surface area contributed by atoms with Crippen molar-refractivity contribution < 1.29 is 4.79 Å². The summed E-state index contributed by atoms with van der Waals surface area (Å²) in [5, 5.41) is 2.49. The first-order valence-corrected chi connectivity index (χ1v) is 9.67. The summed E-state index contributed by atoms with van der Waals surface area (Å²) in [7, 11) is 0. The van der Waals surface area contributed by atoms with Crippen LogP contribution in [-0.4, -0.2) is 5.78 Å². The second-order valence-electron chi connectivity index (χ2n) is 9.48. The molecule has 1 fully saturated rings. The lowest BCUT2D eigenvalue weighted by Gasteiger charge is -2.39. The van der Waals surface area contributed by atoms with Crippen LogP contribution in [0.5, 0.6) is 0 Å². The number of hydrogen-bond donors (Lipinski definition) is 0. The third-order valence-electron chi connectivity index (χ3n) is 6.99. The average Bonchev–Trinajstić information content (AvgIpc) is 3.17. The molecule has 2 bridgehead atoms. The minimum Gasteiger partial charge on any atom is -0.294 e. The van der Waals surface area contributed by atoms with E-state index in [1.165, 1.54) is 33.9 Å². The van der Waals surface area contributed by atoms with Crippen LogP contribution in [0.1, 0.15) is 67.9 Å². The molecule has 3 aliphatic rings. The monoisotopic (exact) mass is 330 g/mol. The van der Waals surface area contributed by atoms with E-state index in [1.54, 1.807) is 0 Å². The first-order valence-electron chi connectivity index (χ1n) is 9.67. The SMILES string of the molecule is CC(C)(C)c1ccc2cc3c(cc2c1)C(=O)C1(CC3)CC2=CCC1C2. The molecule has 2 atom stereocenters. The lowest BCUT2D eigenvalue weighted by Crippen LogP contribution is -2.39. The normalized spacial score (nSPS) is 27.9. The minimum atomic E-state index is -0.0770. The Hall–Kier alpha value is -1.89. The highest BCUT2D eigenvalue weighted by molar-refractivity contribution is 6.06. The van der Waals surface area contributed by atoms with Gasteiger partial charge < -0.3 is 0 Å². The third-order valence-corrected chi connectivity index (χ3v) is 6.99. The predicted molar refractivity (Wildman–Crippen MR) is 103 cm³/mol. The number of benzene rings is 2. The van der Waals surface area contributed by atoms with E-state index in [0.717, 1.165) is 31.2 Å². The second-order valence-corrected chi connectivity index (χ2v) is 9.48. The molecule has 5 rings (SSSR count). The molecule has 3 aliphatic carbocycles. The summed E-state index contributed by atoms with van der Waals surface area (Å²) in [5.41, 5.74) is 5.21. The maximum Gasteiger partial charge on any atom is 0.169 e. The van der Waals surface area contributed by atoms with Gasteiger partial charge in [-0.05, 0) is 71.4 Å². The Morgan fingerprint density at radius 3 is 2.60 bits per heavy atom. The van der Waals surface area contributed by atoms with E-state index >= 15 is 0 Å². The van der Waals surface area contributed by atoms with Crippen LogP contribution < -0.4 is 0 Å². The number of carbonyl (C=O) groups excluding carboxylic acids is 1. The lowest BCUT2D eigenvalue weighted by atomic mass is 9.63. The van der Waals surface area contributed by atoms with Crippen LogP contribution in [0, 0.1) is 11.3 Å². The highest BCUT2D eigenvalue weighted by Crippen LogP contribution is 2.58. The molecule has 1 spiro atoms. The van der Waals surface area contributed by atoms with Crippen molar-refractivity contribution >= 4 is 16.6 Å². The first-order chi connectivity index (χ1) is 11.9. The highest BCUT2D eigenvalue weighted by Gasteiger charge is 2.53. The Bertz CT molecular complexity index is 940. The summed E-state index contributed by atoms with van der Waals surface area (Å²) in [5.74, 6) is 1.00. The van der Waals surface area contributed by atoms with Crippen molar-refractivity contribution in [2.75, 3.05) is 0 Å². The summed E-state index contributed by atoms with van der Waals surface area (Å²) in [6.45, 7) is 6.74. The molecule has 1 heteroatoms. The van der Waals surface area contributed by atoms with Crippen molar-refractivity contribution in [3.63, 3.8) is 0 Å². The van der Waals surface area contributed by atoms with E-state index in [2.05, 4.69) is 57.2 Å². The van der Waals surface area contributed by atoms with E-state index in [-0.39, 0.29) is 10.8 Å². The van der Waals surface area contributed by atoms with Gasteiger partial charge in [0.1, 0.15) is 0 Å². The van der Waals surface area contributed by atoms with Crippen LogP contribution in [0.2, 0.25) is 0 Å². The molecule has 0 aliphatic heterocycles. The Balaban J connectivity index is 1.64. The van der Waals surface area contributed by atoms with E-state index < -0.39 is 0 Å². The summed E-state index contributed by atoms with van der Waals surface area (Å²) < 4.78 is 0. The van der Waals surface area contributed by atoms with Gasteiger partial charge in [-0.2, -0.15) is 0 Å². The van der Waals surface area contributed by atoms with E-state index in [1.807, 2.05) is 0 Å². The fraction of sp³-hybridized carbons (Fsp3) is 0.458. The first kappa shape index (κ1) is 15.4. The molecule has 0 N–H and O–H groups in total. The number of aryl methyl sites for hydroxylation is 1. The highest BCUT2D eigenvalue weighted by atomic mass is 16.1. The van der Waals surface area contributed by atoms with Crippen LogP contribution in [0.4, 0.5) is 0 Å². The number of fused-ring (bicyclic) bond motifs is 5. The maximum absolute atomic E-state index is 13.5. The van der Waals surface area contributed by atoms with Gasteiger partial charge in [0.05, 0.1) is 0 Å². The van der Waals surface area contributed by atoms with Gasteiger partial charge in [-0.1, -0.05) is 56.7 Å². The van der Waals surface area contributed by atoms with Crippen molar-refractivity contribution in [1.29, 1.82) is 0 Å². The number of ketones is 1. The second kappa shape index (κ2) is 4.84. The van der Waals surface area contributed by atoms with E-state index in [0.29, 0.717) is 11.7 Å². The molecule has 0 saturated heterocycles. The van der Waals surface area contributed by atoms with Gasteiger partial charge in [-0.3, -0.25) is 4.79 Å². The lowest BCUT2D eigenvalue weighted by molar-refractivity contribution is 0.0671. The van der Waals surface area contributed by atoms with Crippen molar-refractivity contribution in [2.24, 2.45) is 11.3 Å². The van der Waals surface area contributed by atoms with Crippen LogP contribution in [0.3, 0.4) is 0 Å². The molecular weight excluding hydrogens is 304 g/mol. The molecule has 0 amide bonds. The van der Waals surface area contributed by atoms with Gasteiger partial charge in [0.15, 0.2) is 5.78 Å². The quantitative estimate of drug-likeness (QED) is 0.542. The molecule has 2 unspecified atom stereocenters. The zero-order valence-corrected chi connectivity index (χ0v) is 15.5. The summed E-state index contributed by atoms with van der Waals surface area (Å²) >= 11 is 0. The average molecular weight is 330 g/mol. The Kier molecular flexibility index (Phi) is 2.98. The number of Topliss-reactive ketones (excluding diaryl/α,β-unsaturated/α-hetero) is 1. The Morgan fingerprint density at radius 1 is 1.08 bits per heavy atom. The zero-order chi connectivity index (χ0) is 17.4. The van der Waals surface area contributed by atoms with Gasteiger partial charge in [-0.15, -0.1) is 0 Å². The van der Waals surface area contributed by atoms with Gasteiger partial charge in [0.25, 0.3) is 0 Å². The Morgan fingerprint density at radius 2 is 1.92 bits per heavy atom. The van der Waals surface area contributed by atoms with Crippen LogP contribution >= 0.6 is 0 Å². The zero-order valence-electron chi connectivity index (χ0n) is 15.5. The third kappa shape index (κ3) is 2.11. The van der Waals surface area contributed by atoms with E-state index in [9.17, 15) is 4.79 Å². The van der Waals surface area contributed by atoms with Gasteiger partial charge in [-0.25, -0.2) is 0 Å². The smallest absolute Gasteiger partial charge is 0.169 e. The molecular formula is C24H26O. The predicted octanol–water partition coefficient (Wildman–Crippen LogP) is 5.99. The Labute approximate surface area is 150 Å². The van der Waals surface area contributed by atoms with Crippen molar-refractivity contribution in [1.82, 2.24) is 0 Å². The fourth-order valence-electron chi connectivity index (χ4n) is 5.43. The van der Waals surface area contributed by atoms with Crippen molar-refractivity contribution in [2.45, 2.75) is 58.3 Å². The number of carbonyl (C=O) groups is 1. The van der Waals surface area contributed by atoms with Crippen LogP contribution in [0.25, 0.3) is 10.8 Å². The fourth-order valence-corrected chi connectivity index (χ4v) is 5.43. The molecule has 2 aromatic carbocycles.